The molecule has 0 fully saturated rings. The zero-order chi connectivity index (χ0) is 8.69. The Labute approximate surface area is 95.0 Å². The van der Waals surface area contributed by atoms with Crippen LogP contribution in [0.25, 0.3) is 0 Å². The molecule has 0 spiro atoms. The lowest BCUT2D eigenvalue weighted by Gasteiger charge is -2.06. The largest absolute Gasteiger partial charge is 0.370 e. The monoisotopic (exact) mass is 273 g/mol. The van der Waals surface area contributed by atoms with Crippen LogP contribution in [0.3, 0.4) is 0 Å². The lowest BCUT2D eigenvalue weighted by Crippen LogP contribution is -2.43. The Hall–Kier alpha value is -0.490. The van der Waals surface area contributed by atoms with Gasteiger partial charge in [-0.05, 0) is 6.42 Å². The van der Waals surface area contributed by atoms with E-state index in [1.165, 1.54) is 0 Å². The molecule has 80 valence electrons. The van der Waals surface area contributed by atoms with Gasteiger partial charge < -0.3 is 11.1 Å². The fourth-order valence-corrected chi connectivity index (χ4v) is 0.569. The minimum Gasteiger partial charge on any atom is -0.370 e. The molecule has 0 aromatic rings. The molecule has 13 heavy (non-hydrogen) atoms. The van der Waals surface area contributed by atoms with Gasteiger partial charge in [0, 0.05) is 6.54 Å². The maximum absolute atomic E-state index is 7.15. The Balaban J connectivity index is -0.000000500. The summed E-state index contributed by atoms with van der Waals surface area (Å²) in [7, 11) is 0. The van der Waals surface area contributed by atoms with Crippen molar-refractivity contribution in [1.82, 2.24) is 10.6 Å². The molecule has 5 nitrogen and oxygen atoms in total. The maximum Gasteiger partial charge on any atom is 0.195 e. The first kappa shape index (κ1) is 18.3. The fourth-order valence-electron chi connectivity index (χ4n) is 0.569. The molecule has 0 aliphatic rings. The average molecular weight is 275 g/mol. The summed E-state index contributed by atoms with van der Waals surface area (Å²) in [5.74, 6) is -0.120. The quantitative estimate of drug-likeness (QED) is 0.299. The first-order chi connectivity index (χ1) is 5.16. The third-order valence-electron chi connectivity index (χ3n) is 1.09. The van der Waals surface area contributed by atoms with Crippen LogP contribution in [0.2, 0.25) is 0 Å². The summed E-state index contributed by atoms with van der Waals surface area (Å²) < 4.78 is 0. The Morgan fingerprint density at radius 1 is 1.38 bits per heavy atom. The van der Waals surface area contributed by atoms with E-state index in [0.717, 1.165) is 19.4 Å². The Kier molecular flexibility index (Phi) is 16.2. The van der Waals surface area contributed by atoms with Gasteiger partial charge >= 0.3 is 0 Å². The molecule has 0 unspecified atom stereocenters. The lowest BCUT2D eigenvalue weighted by molar-refractivity contribution is 0.744. The van der Waals surface area contributed by atoms with Crippen LogP contribution in [0, 0.1) is 10.8 Å². The van der Waals surface area contributed by atoms with Crippen molar-refractivity contribution in [2.24, 2.45) is 5.73 Å². The van der Waals surface area contributed by atoms with Gasteiger partial charge in [0.1, 0.15) is 0 Å². The minimum atomic E-state index is -0.209. The zero-order valence-electron chi connectivity index (χ0n) is 7.52. The third-order valence-corrected chi connectivity index (χ3v) is 1.09. The minimum absolute atomic E-state index is 0. The summed E-state index contributed by atoms with van der Waals surface area (Å²) in [5.41, 5.74) is 4.99. The van der Waals surface area contributed by atoms with Gasteiger partial charge in [0.05, 0.1) is 0 Å². The van der Waals surface area contributed by atoms with Gasteiger partial charge in [0.25, 0.3) is 0 Å². The van der Waals surface area contributed by atoms with Crippen LogP contribution in [-0.2, 0) is 0 Å². The predicted molar refractivity (Wildman–Crippen MR) is 63.3 cm³/mol. The van der Waals surface area contributed by atoms with Crippen LogP contribution in [0.15, 0.2) is 0 Å². The van der Waals surface area contributed by atoms with E-state index in [1.807, 2.05) is 0 Å². The molecule has 6 N–H and O–H groups in total. The van der Waals surface area contributed by atoms with Gasteiger partial charge in [-0.3, -0.25) is 16.1 Å². The molecule has 0 saturated heterocycles. The molecule has 0 saturated carbocycles. The summed E-state index contributed by atoms with van der Waals surface area (Å²) in [6, 6.07) is 0. The second-order valence-electron chi connectivity index (χ2n) is 2.19. The number of guanidine groups is 2. The highest BCUT2D eigenvalue weighted by atomic mass is 79.9. The van der Waals surface area contributed by atoms with Crippen molar-refractivity contribution in [1.29, 1.82) is 10.8 Å². The van der Waals surface area contributed by atoms with Crippen LogP contribution < -0.4 is 16.4 Å². The molecule has 7 heteroatoms. The maximum atomic E-state index is 7.15. The smallest absolute Gasteiger partial charge is 0.195 e. The van der Waals surface area contributed by atoms with E-state index in [9.17, 15) is 0 Å². The first-order valence-electron chi connectivity index (χ1n) is 3.60. The van der Waals surface area contributed by atoms with Gasteiger partial charge in [-0.2, -0.15) is 0 Å². The van der Waals surface area contributed by atoms with E-state index in [1.54, 1.807) is 0 Å². The number of hydrogen-bond acceptors (Lipinski definition) is 2. The third kappa shape index (κ3) is 14.4. The molecule has 0 aliphatic heterocycles. The van der Waals surface area contributed by atoms with Crippen molar-refractivity contribution in [2.45, 2.75) is 19.8 Å². The molecule has 0 aromatic carbocycles. The predicted octanol–water partition coefficient (Wildman–Crippen LogP) is 0.794. The number of halogens is 2. The van der Waals surface area contributed by atoms with Gasteiger partial charge in [0.15, 0.2) is 11.9 Å². The zero-order valence-corrected chi connectivity index (χ0v) is 10.0. The van der Waals surface area contributed by atoms with Crippen LogP contribution >= 0.6 is 29.4 Å². The fraction of sp³-hybridized carbons (Fsp3) is 0.667. The first-order valence-corrected chi connectivity index (χ1v) is 3.60. The van der Waals surface area contributed by atoms with Gasteiger partial charge in [-0.1, -0.05) is 13.3 Å². The second-order valence-corrected chi connectivity index (χ2v) is 2.19. The molecule has 0 atom stereocenters. The summed E-state index contributed by atoms with van der Waals surface area (Å²) in [4.78, 5) is 0. The van der Waals surface area contributed by atoms with E-state index in [4.69, 9.17) is 16.6 Å². The van der Waals surface area contributed by atoms with Crippen molar-refractivity contribution in [2.75, 3.05) is 6.54 Å². The van der Waals surface area contributed by atoms with Crippen molar-refractivity contribution in [3.05, 3.63) is 0 Å². The number of nitrogens with one attached hydrogen (secondary N) is 4. The summed E-state index contributed by atoms with van der Waals surface area (Å²) in [5, 5.41) is 19.0. The van der Waals surface area contributed by atoms with Crippen LogP contribution in [-0.4, -0.2) is 18.5 Å². The molecule has 0 bridgehead atoms. The highest BCUT2D eigenvalue weighted by Gasteiger charge is 1.93. The van der Waals surface area contributed by atoms with Crippen molar-refractivity contribution >= 4 is 41.3 Å². The van der Waals surface area contributed by atoms with Gasteiger partial charge in [-0.15, -0.1) is 29.4 Å². The van der Waals surface area contributed by atoms with E-state index < -0.39 is 0 Å². The highest BCUT2D eigenvalue weighted by molar-refractivity contribution is 8.93. The normalized spacial score (nSPS) is 7.46. The van der Waals surface area contributed by atoms with Crippen LogP contribution in [0.1, 0.15) is 19.8 Å². The Morgan fingerprint density at radius 2 is 1.92 bits per heavy atom. The molecule has 0 aromatic heterocycles. The Morgan fingerprint density at radius 3 is 2.31 bits per heavy atom. The standard InChI is InChI=1S/C6H15N5.BrH.ClH/c1-2-3-4-10-6(9)11-5(7)8;;/h2-4H2,1H3,(H6,7,8,9,10,11);2*1H. The van der Waals surface area contributed by atoms with E-state index in [-0.39, 0.29) is 41.3 Å². The number of hydrogen-bond donors (Lipinski definition) is 5. The molecular weight excluding hydrogens is 257 g/mol. The summed E-state index contributed by atoms with van der Waals surface area (Å²) in [6.07, 6.45) is 2.10. The molecular formula is C6H17BrClN5. The van der Waals surface area contributed by atoms with E-state index >= 15 is 0 Å². The van der Waals surface area contributed by atoms with Crippen molar-refractivity contribution < 1.29 is 0 Å². The molecule has 0 amide bonds. The molecule has 0 radical (unpaired) electrons. The number of nitrogens with two attached hydrogens (primary N) is 1. The summed E-state index contributed by atoms with van der Waals surface area (Å²) in [6.45, 7) is 2.82. The highest BCUT2D eigenvalue weighted by Crippen LogP contribution is 1.80. The lowest BCUT2D eigenvalue weighted by atomic mass is 10.3. The number of rotatable bonds is 3. The average Bonchev–Trinajstić information content (AvgIpc) is 1.86. The van der Waals surface area contributed by atoms with Gasteiger partial charge in [-0.25, -0.2) is 0 Å². The van der Waals surface area contributed by atoms with E-state index in [0.29, 0.717) is 0 Å². The van der Waals surface area contributed by atoms with Crippen molar-refractivity contribution in [3.8, 4) is 0 Å². The van der Waals surface area contributed by atoms with Crippen LogP contribution in [0.5, 0.6) is 0 Å². The second kappa shape index (κ2) is 11.5. The summed E-state index contributed by atoms with van der Waals surface area (Å²) >= 11 is 0. The number of unbranched alkanes of at least 4 members (excludes halogenated alkanes) is 1. The molecule has 0 rings (SSSR count). The SMILES string of the molecule is Br.CCCCNC(=N)NC(=N)N.Cl. The van der Waals surface area contributed by atoms with E-state index in [2.05, 4.69) is 17.6 Å². The van der Waals surface area contributed by atoms with Gasteiger partial charge in [0.2, 0.25) is 0 Å². The Bertz CT molecular complexity index is 152. The topological polar surface area (TPSA) is 97.8 Å². The van der Waals surface area contributed by atoms with Crippen molar-refractivity contribution in [3.63, 3.8) is 0 Å². The molecule has 0 aliphatic carbocycles. The molecule has 0 heterocycles. The van der Waals surface area contributed by atoms with Crippen LogP contribution in [0.4, 0.5) is 0 Å².